The molecular weight excluding hydrogens is 160 g/mol. The Morgan fingerprint density at radius 3 is 2.15 bits per heavy atom. The molecular formula is C12H24O. The Labute approximate surface area is 82.5 Å². The summed E-state index contributed by atoms with van der Waals surface area (Å²) in [6, 6.07) is 0. The van der Waals surface area contributed by atoms with Crippen molar-refractivity contribution < 1.29 is 5.11 Å². The Kier molecular flexibility index (Phi) is 4.79. The summed E-state index contributed by atoms with van der Waals surface area (Å²) in [5.41, 5.74) is 0. The summed E-state index contributed by atoms with van der Waals surface area (Å²) in [6.07, 6.45) is 9.20. The van der Waals surface area contributed by atoms with Gasteiger partial charge in [-0.25, -0.2) is 0 Å². The van der Waals surface area contributed by atoms with Crippen LogP contribution >= 0.6 is 0 Å². The van der Waals surface area contributed by atoms with E-state index in [1.165, 1.54) is 38.5 Å². The van der Waals surface area contributed by atoms with Crippen LogP contribution in [0.25, 0.3) is 0 Å². The molecule has 1 saturated carbocycles. The summed E-state index contributed by atoms with van der Waals surface area (Å²) in [5.74, 6) is 1.92. The predicted molar refractivity (Wildman–Crippen MR) is 56.7 cm³/mol. The molecule has 13 heavy (non-hydrogen) atoms. The molecule has 1 fully saturated rings. The lowest BCUT2D eigenvalue weighted by Crippen LogP contribution is -2.15. The highest BCUT2D eigenvalue weighted by Gasteiger charge is 2.19. The zero-order chi connectivity index (χ0) is 9.68. The van der Waals surface area contributed by atoms with E-state index in [0.29, 0.717) is 0 Å². The van der Waals surface area contributed by atoms with Crippen molar-refractivity contribution in [2.45, 2.75) is 64.9 Å². The van der Waals surface area contributed by atoms with Crippen LogP contribution < -0.4 is 0 Å². The molecule has 0 aliphatic heterocycles. The Morgan fingerprint density at radius 2 is 1.69 bits per heavy atom. The quantitative estimate of drug-likeness (QED) is 0.710. The average Bonchev–Trinajstić information content (AvgIpc) is 2.15. The number of hydrogen-bond donors (Lipinski definition) is 1. The van der Waals surface area contributed by atoms with Gasteiger partial charge in [-0.3, -0.25) is 0 Å². The molecule has 1 rings (SSSR count). The standard InChI is InChI=1S/C12H24O/c1-3-11-6-8-12(9-7-11)5-4-10(2)13/h10-13H,3-9H2,1-2H3. The van der Waals surface area contributed by atoms with Gasteiger partial charge in [-0.15, -0.1) is 0 Å². The second-order valence-corrected chi connectivity index (χ2v) is 4.72. The van der Waals surface area contributed by atoms with Gasteiger partial charge in [0.15, 0.2) is 0 Å². The molecule has 0 aromatic rings. The van der Waals surface area contributed by atoms with E-state index in [0.717, 1.165) is 18.3 Å². The van der Waals surface area contributed by atoms with Crippen molar-refractivity contribution in [2.24, 2.45) is 11.8 Å². The van der Waals surface area contributed by atoms with Crippen LogP contribution in [0.4, 0.5) is 0 Å². The van der Waals surface area contributed by atoms with Crippen molar-refractivity contribution in [3.05, 3.63) is 0 Å². The third kappa shape index (κ3) is 4.12. The van der Waals surface area contributed by atoms with E-state index < -0.39 is 0 Å². The first kappa shape index (κ1) is 11.0. The smallest absolute Gasteiger partial charge is 0.0512 e. The summed E-state index contributed by atoms with van der Waals surface area (Å²) in [6.45, 7) is 4.21. The van der Waals surface area contributed by atoms with Gasteiger partial charge in [0.05, 0.1) is 6.10 Å². The van der Waals surface area contributed by atoms with Crippen LogP contribution in [0.5, 0.6) is 0 Å². The van der Waals surface area contributed by atoms with E-state index >= 15 is 0 Å². The Morgan fingerprint density at radius 1 is 1.15 bits per heavy atom. The van der Waals surface area contributed by atoms with Crippen molar-refractivity contribution in [1.29, 1.82) is 0 Å². The van der Waals surface area contributed by atoms with E-state index in [-0.39, 0.29) is 6.10 Å². The van der Waals surface area contributed by atoms with Crippen molar-refractivity contribution in [3.63, 3.8) is 0 Å². The highest BCUT2D eigenvalue weighted by molar-refractivity contribution is 4.72. The second-order valence-electron chi connectivity index (χ2n) is 4.72. The molecule has 1 heteroatoms. The number of aliphatic hydroxyl groups excluding tert-OH is 1. The first-order valence-electron chi connectivity index (χ1n) is 5.90. The SMILES string of the molecule is CCC1CCC(CCC(C)O)CC1. The van der Waals surface area contributed by atoms with Crippen LogP contribution in [0.1, 0.15) is 58.8 Å². The minimum atomic E-state index is -0.0936. The second kappa shape index (κ2) is 5.64. The van der Waals surface area contributed by atoms with Gasteiger partial charge in [0.2, 0.25) is 0 Å². The minimum absolute atomic E-state index is 0.0936. The molecule has 1 atom stereocenters. The van der Waals surface area contributed by atoms with E-state index in [4.69, 9.17) is 0 Å². The maximum Gasteiger partial charge on any atom is 0.0512 e. The lowest BCUT2D eigenvalue weighted by molar-refractivity contribution is 0.161. The minimum Gasteiger partial charge on any atom is -0.393 e. The number of rotatable bonds is 4. The van der Waals surface area contributed by atoms with Gasteiger partial charge in [-0.2, -0.15) is 0 Å². The van der Waals surface area contributed by atoms with E-state index in [1.807, 2.05) is 6.92 Å². The zero-order valence-corrected chi connectivity index (χ0v) is 9.13. The Bertz CT molecular complexity index is 123. The molecule has 0 aromatic heterocycles. The average molecular weight is 184 g/mol. The maximum atomic E-state index is 9.18. The molecule has 0 bridgehead atoms. The van der Waals surface area contributed by atoms with Gasteiger partial charge in [-0.05, 0) is 31.6 Å². The highest BCUT2D eigenvalue weighted by Crippen LogP contribution is 2.33. The van der Waals surface area contributed by atoms with Gasteiger partial charge in [0, 0.05) is 0 Å². The van der Waals surface area contributed by atoms with Crippen LogP contribution in [0.15, 0.2) is 0 Å². The summed E-state index contributed by atoms with van der Waals surface area (Å²) < 4.78 is 0. The van der Waals surface area contributed by atoms with Gasteiger partial charge >= 0.3 is 0 Å². The fourth-order valence-electron chi connectivity index (χ4n) is 2.41. The van der Waals surface area contributed by atoms with Gasteiger partial charge in [0.25, 0.3) is 0 Å². The monoisotopic (exact) mass is 184 g/mol. The van der Waals surface area contributed by atoms with Crippen molar-refractivity contribution in [1.82, 2.24) is 0 Å². The van der Waals surface area contributed by atoms with Crippen molar-refractivity contribution in [2.75, 3.05) is 0 Å². The molecule has 0 spiro atoms. The van der Waals surface area contributed by atoms with E-state index in [9.17, 15) is 5.11 Å². The molecule has 1 N–H and O–H groups in total. The summed E-state index contributed by atoms with van der Waals surface area (Å²) >= 11 is 0. The Balaban J connectivity index is 2.10. The zero-order valence-electron chi connectivity index (χ0n) is 9.13. The fourth-order valence-corrected chi connectivity index (χ4v) is 2.41. The Hall–Kier alpha value is -0.0400. The van der Waals surface area contributed by atoms with E-state index in [2.05, 4.69) is 6.92 Å². The van der Waals surface area contributed by atoms with Crippen LogP contribution in [-0.2, 0) is 0 Å². The van der Waals surface area contributed by atoms with Crippen LogP contribution in [-0.4, -0.2) is 11.2 Å². The first-order chi connectivity index (χ1) is 6.22. The fraction of sp³-hybridized carbons (Fsp3) is 1.00. The summed E-state index contributed by atoms with van der Waals surface area (Å²) in [4.78, 5) is 0. The van der Waals surface area contributed by atoms with E-state index in [1.54, 1.807) is 0 Å². The van der Waals surface area contributed by atoms with Crippen LogP contribution in [0.2, 0.25) is 0 Å². The van der Waals surface area contributed by atoms with Gasteiger partial charge < -0.3 is 5.11 Å². The lowest BCUT2D eigenvalue weighted by atomic mass is 9.79. The maximum absolute atomic E-state index is 9.18. The van der Waals surface area contributed by atoms with Crippen molar-refractivity contribution >= 4 is 0 Å². The molecule has 1 aliphatic carbocycles. The molecule has 0 amide bonds. The highest BCUT2D eigenvalue weighted by atomic mass is 16.3. The van der Waals surface area contributed by atoms with Crippen LogP contribution in [0, 0.1) is 11.8 Å². The normalized spacial score (nSPS) is 31.6. The lowest BCUT2D eigenvalue weighted by Gasteiger charge is -2.27. The molecule has 1 unspecified atom stereocenters. The van der Waals surface area contributed by atoms with Crippen LogP contribution in [0.3, 0.4) is 0 Å². The largest absolute Gasteiger partial charge is 0.393 e. The van der Waals surface area contributed by atoms with Crippen molar-refractivity contribution in [3.8, 4) is 0 Å². The third-order valence-electron chi connectivity index (χ3n) is 3.54. The topological polar surface area (TPSA) is 20.2 Å². The third-order valence-corrected chi connectivity index (χ3v) is 3.54. The number of hydrogen-bond acceptors (Lipinski definition) is 1. The molecule has 0 aromatic carbocycles. The summed E-state index contributed by atoms with van der Waals surface area (Å²) in [5, 5.41) is 9.18. The molecule has 0 heterocycles. The first-order valence-corrected chi connectivity index (χ1v) is 5.90. The molecule has 0 saturated heterocycles. The predicted octanol–water partition coefficient (Wildman–Crippen LogP) is 3.36. The van der Waals surface area contributed by atoms with Gasteiger partial charge in [0.1, 0.15) is 0 Å². The summed E-state index contributed by atoms with van der Waals surface area (Å²) in [7, 11) is 0. The molecule has 78 valence electrons. The van der Waals surface area contributed by atoms with Gasteiger partial charge in [-0.1, -0.05) is 39.0 Å². The molecule has 1 aliphatic rings. The number of aliphatic hydroxyl groups is 1. The molecule has 0 radical (unpaired) electrons. The molecule has 1 nitrogen and oxygen atoms in total.